The van der Waals surface area contributed by atoms with E-state index in [4.69, 9.17) is 0 Å². The molecule has 1 aliphatic rings. The Balaban J connectivity index is 1.52. The number of nitrogens with one attached hydrogen (secondary N) is 2. The number of carbonyl (C=O) groups excluding carboxylic acids is 1. The smallest absolute Gasteiger partial charge is 0.220 e. The Kier molecular flexibility index (Phi) is 5.35. The number of amides is 1. The summed E-state index contributed by atoms with van der Waals surface area (Å²) >= 11 is 1.58. The van der Waals surface area contributed by atoms with Crippen molar-refractivity contribution in [3.8, 4) is 11.3 Å². The highest BCUT2D eigenvalue weighted by Gasteiger charge is 2.18. The first kappa shape index (κ1) is 16.1. The van der Waals surface area contributed by atoms with Gasteiger partial charge in [0.25, 0.3) is 0 Å². The number of thiazole rings is 1. The van der Waals surface area contributed by atoms with Gasteiger partial charge in [-0.15, -0.1) is 11.3 Å². The Bertz CT molecular complexity index is 637. The standard InChI is InChI=1S/C17H22N4OS/c1-12(20-16(22)3-2-13-4-7-19-10-13)17-21-15(11-23-17)14-5-8-18-9-6-14/h5-6,8-9,11-13,19H,2-4,7,10H2,1H3,(H,20,22). The van der Waals surface area contributed by atoms with Crippen molar-refractivity contribution in [3.63, 3.8) is 0 Å². The first-order valence-corrected chi connectivity index (χ1v) is 8.96. The summed E-state index contributed by atoms with van der Waals surface area (Å²) in [4.78, 5) is 20.8. The van der Waals surface area contributed by atoms with Gasteiger partial charge in [0.05, 0.1) is 11.7 Å². The molecule has 0 bridgehead atoms. The molecule has 0 radical (unpaired) electrons. The van der Waals surface area contributed by atoms with Crippen LogP contribution in [0.1, 0.15) is 37.2 Å². The molecule has 0 saturated carbocycles. The molecule has 1 saturated heterocycles. The minimum Gasteiger partial charge on any atom is -0.347 e. The predicted octanol–water partition coefficient (Wildman–Crippen LogP) is 2.77. The normalized spacial score (nSPS) is 18.7. The van der Waals surface area contributed by atoms with Crippen molar-refractivity contribution < 1.29 is 4.79 Å². The fraction of sp³-hybridized carbons (Fsp3) is 0.471. The van der Waals surface area contributed by atoms with E-state index in [1.807, 2.05) is 24.4 Å². The molecule has 1 fully saturated rings. The minimum atomic E-state index is -0.0511. The Morgan fingerprint density at radius 3 is 3.04 bits per heavy atom. The van der Waals surface area contributed by atoms with Gasteiger partial charge in [-0.2, -0.15) is 0 Å². The minimum absolute atomic E-state index is 0.0511. The van der Waals surface area contributed by atoms with E-state index in [0.29, 0.717) is 12.3 Å². The lowest BCUT2D eigenvalue weighted by molar-refractivity contribution is -0.122. The Labute approximate surface area is 140 Å². The van der Waals surface area contributed by atoms with E-state index in [2.05, 4.69) is 20.6 Å². The van der Waals surface area contributed by atoms with Crippen LogP contribution in [0.4, 0.5) is 0 Å². The third-order valence-electron chi connectivity index (χ3n) is 4.19. The Morgan fingerprint density at radius 2 is 2.30 bits per heavy atom. The predicted molar refractivity (Wildman–Crippen MR) is 92.1 cm³/mol. The first-order valence-electron chi connectivity index (χ1n) is 8.08. The number of hydrogen-bond acceptors (Lipinski definition) is 5. The molecule has 23 heavy (non-hydrogen) atoms. The second-order valence-corrected chi connectivity index (χ2v) is 6.88. The monoisotopic (exact) mass is 330 g/mol. The van der Waals surface area contributed by atoms with Crippen molar-refractivity contribution in [1.29, 1.82) is 0 Å². The molecular formula is C17H22N4OS. The zero-order chi connectivity index (χ0) is 16.1. The molecule has 0 aliphatic carbocycles. The summed E-state index contributed by atoms with van der Waals surface area (Å²) in [5, 5.41) is 9.36. The van der Waals surface area contributed by atoms with Crippen LogP contribution in [-0.4, -0.2) is 29.0 Å². The van der Waals surface area contributed by atoms with Crippen molar-refractivity contribution >= 4 is 17.2 Å². The molecule has 0 aromatic carbocycles. The van der Waals surface area contributed by atoms with Crippen LogP contribution in [0.3, 0.4) is 0 Å². The molecule has 2 N–H and O–H groups in total. The third kappa shape index (κ3) is 4.36. The lowest BCUT2D eigenvalue weighted by Crippen LogP contribution is -2.27. The number of carbonyl (C=O) groups is 1. The van der Waals surface area contributed by atoms with Crippen LogP contribution in [-0.2, 0) is 4.79 Å². The van der Waals surface area contributed by atoms with Gasteiger partial charge in [-0.1, -0.05) is 0 Å². The summed E-state index contributed by atoms with van der Waals surface area (Å²) in [6.45, 7) is 4.12. The zero-order valence-corrected chi connectivity index (χ0v) is 14.1. The van der Waals surface area contributed by atoms with Crippen LogP contribution in [0.5, 0.6) is 0 Å². The van der Waals surface area contributed by atoms with Crippen LogP contribution in [0, 0.1) is 5.92 Å². The fourth-order valence-electron chi connectivity index (χ4n) is 2.81. The van der Waals surface area contributed by atoms with Gasteiger partial charge in [0.1, 0.15) is 5.01 Å². The highest BCUT2D eigenvalue weighted by molar-refractivity contribution is 7.10. The van der Waals surface area contributed by atoms with Gasteiger partial charge in [-0.25, -0.2) is 4.98 Å². The number of nitrogens with zero attached hydrogens (tertiary/aromatic N) is 2. The molecule has 6 heteroatoms. The van der Waals surface area contributed by atoms with E-state index >= 15 is 0 Å². The van der Waals surface area contributed by atoms with Crippen molar-refractivity contribution in [2.45, 2.75) is 32.2 Å². The molecule has 3 rings (SSSR count). The van der Waals surface area contributed by atoms with Crippen LogP contribution in [0.15, 0.2) is 29.9 Å². The molecule has 1 aliphatic heterocycles. The van der Waals surface area contributed by atoms with Gasteiger partial charge in [0.15, 0.2) is 0 Å². The van der Waals surface area contributed by atoms with Gasteiger partial charge in [-0.05, 0) is 50.9 Å². The van der Waals surface area contributed by atoms with Crippen molar-refractivity contribution in [1.82, 2.24) is 20.6 Å². The van der Waals surface area contributed by atoms with Crippen LogP contribution < -0.4 is 10.6 Å². The first-order chi connectivity index (χ1) is 11.2. The number of aromatic nitrogens is 2. The molecule has 1 amide bonds. The maximum atomic E-state index is 12.1. The molecule has 122 valence electrons. The summed E-state index contributed by atoms with van der Waals surface area (Å²) < 4.78 is 0. The number of pyridine rings is 1. The maximum Gasteiger partial charge on any atom is 0.220 e. The lowest BCUT2D eigenvalue weighted by Gasteiger charge is -2.12. The van der Waals surface area contributed by atoms with Crippen molar-refractivity contribution in [2.24, 2.45) is 5.92 Å². The van der Waals surface area contributed by atoms with Crippen LogP contribution >= 0.6 is 11.3 Å². The van der Waals surface area contributed by atoms with E-state index < -0.39 is 0 Å². The van der Waals surface area contributed by atoms with E-state index in [-0.39, 0.29) is 11.9 Å². The van der Waals surface area contributed by atoms with Crippen molar-refractivity contribution in [2.75, 3.05) is 13.1 Å². The quantitative estimate of drug-likeness (QED) is 0.855. The summed E-state index contributed by atoms with van der Waals surface area (Å²) in [6, 6.07) is 3.83. The fourth-order valence-corrected chi connectivity index (χ4v) is 3.65. The number of hydrogen-bond donors (Lipinski definition) is 2. The zero-order valence-electron chi connectivity index (χ0n) is 13.3. The van der Waals surface area contributed by atoms with Gasteiger partial charge < -0.3 is 10.6 Å². The lowest BCUT2D eigenvalue weighted by atomic mass is 10.0. The summed E-state index contributed by atoms with van der Waals surface area (Å²) in [5.74, 6) is 0.763. The van der Waals surface area contributed by atoms with Crippen LogP contribution in [0.2, 0.25) is 0 Å². The van der Waals surface area contributed by atoms with E-state index in [1.54, 1.807) is 23.7 Å². The van der Waals surface area contributed by atoms with E-state index in [1.165, 1.54) is 6.42 Å². The van der Waals surface area contributed by atoms with E-state index in [9.17, 15) is 4.79 Å². The molecule has 3 heterocycles. The molecule has 5 nitrogen and oxygen atoms in total. The highest BCUT2D eigenvalue weighted by atomic mass is 32.1. The Morgan fingerprint density at radius 1 is 1.48 bits per heavy atom. The SMILES string of the molecule is CC(NC(=O)CCC1CCNC1)c1nc(-c2ccncc2)cs1. The molecular weight excluding hydrogens is 308 g/mol. The van der Waals surface area contributed by atoms with Crippen molar-refractivity contribution in [3.05, 3.63) is 34.9 Å². The summed E-state index contributed by atoms with van der Waals surface area (Å²) in [6.07, 6.45) is 6.27. The second-order valence-electron chi connectivity index (χ2n) is 5.99. The van der Waals surface area contributed by atoms with Gasteiger partial charge >= 0.3 is 0 Å². The van der Waals surface area contributed by atoms with E-state index in [0.717, 1.165) is 35.8 Å². The summed E-state index contributed by atoms with van der Waals surface area (Å²) in [7, 11) is 0. The molecule has 0 spiro atoms. The van der Waals surface area contributed by atoms with Crippen LogP contribution in [0.25, 0.3) is 11.3 Å². The second kappa shape index (κ2) is 7.66. The highest BCUT2D eigenvalue weighted by Crippen LogP contribution is 2.25. The van der Waals surface area contributed by atoms with Gasteiger partial charge in [0.2, 0.25) is 5.91 Å². The molecule has 2 atom stereocenters. The third-order valence-corrected chi connectivity index (χ3v) is 5.22. The topological polar surface area (TPSA) is 66.9 Å². The van der Waals surface area contributed by atoms with Gasteiger partial charge in [0, 0.05) is 29.8 Å². The van der Waals surface area contributed by atoms with Gasteiger partial charge in [-0.3, -0.25) is 9.78 Å². The summed E-state index contributed by atoms with van der Waals surface area (Å²) in [5.41, 5.74) is 1.99. The Hall–Kier alpha value is -1.79. The largest absolute Gasteiger partial charge is 0.347 e. The molecule has 2 unspecified atom stereocenters. The number of rotatable bonds is 6. The molecule has 2 aromatic heterocycles. The average Bonchev–Trinajstić information content (AvgIpc) is 3.25. The maximum absolute atomic E-state index is 12.1. The average molecular weight is 330 g/mol. The molecule has 2 aromatic rings.